The van der Waals surface area contributed by atoms with Gasteiger partial charge in [-0.15, -0.1) is 0 Å². The van der Waals surface area contributed by atoms with Crippen molar-refractivity contribution in [2.45, 2.75) is 51.0 Å². The van der Waals surface area contributed by atoms with E-state index in [9.17, 15) is 9.59 Å². The fourth-order valence-electron chi connectivity index (χ4n) is 3.06. The van der Waals surface area contributed by atoms with Gasteiger partial charge in [0.25, 0.3) is 0 Å². The maximum atomic E-state index is 12.4. The van der Waals surface area contributed by atoms with Crippen LogP contribution in [0.25, 0.3) is 0 Å². The van der Waals surface area contributed by atoms with Gasteiger partial charge in [-0.2, -0.15) is 0 Å². The van der Waals surface area contributed by atoms with Crippen LogP contribution in [0.1, 0.15) is 44.9 Å². The highest BCUT2D eigenvalue weighted by Crippen LogP contribution is 2.22. The number of carbonyl (C=O) groups is 2. The van der Waals surface area contributed by atoms with Gasteiger partial charge in [-0.1, -0.05) is 12.8 Å². The van der Waals surface area contributed by atoms with Gasteiger partial charge in [0.2, 0.25) is 5.91 Å². The predicted molar refractivity (Wildman–Crippen MR) is 71.8 cm³/mol. The number of aliphatic carboxylic acids is 1. The zero-order valence-electron chi connectivity index (χ0n) is 11.4. The van der Waals surface area contributed by atoms with Crippen molar-refractivity contribution in [1.82, 2.24) is 10.2 Å². The molecule has 108 valence electrons. The summed E-state index contributed by atoms with van der Waals surface area (Å²) in [6.07, 6.45) is 6.29. The van der Waals surface area contributed by atoms with Crippen LogP contribution in [0.15, 0.2) is 0 Å². The molecule has 2 N–H and O–H groups in total. The molecule has 0 aromatic rings. The van der Waals surface area contributed by atoms with Crippen LogP contribution in [0.5, 0.6) is 0 Å². The monoisotopic (exact) mass is 268 g/mol. The summed E-state index contributed by atoms with van der Waals surface area (Å²) in [5.74, 6) is -0.152. The smallest absolute Gasteiger partial charge is 0.303 e. The molecule has 2 saturated heterocycles. The molecule has 5 heteroatoms. The van der Waals surface area contributed by atoms with Crippen molar-refractivity contribution in [2.24, 2.45) is 5.92 Å². The zero-order valence-corrected chi connectivity index (χ0v) is 11.4. The summed E-state index contributed by atoms with van der Waals surface area (Å²) >= 11 is 0. The first-order chi connectivity index (χ1) is 9.16. The highest BCUT2D eigenvalue weighted by molar-refractivity contribution is 5.82. The van der Waals surface area contributed by atoms with Gasteiger partial charge in [0.05, 0.1) is 6.04 Å². The molecule has 0 saturated carbocycles. The molecule has 2 aliphatic rings. The van der Waals surface area contributed by atoms with Crippen molar-refractivity contribution in [3.05, 3.63) is 0 Å². The Hall–Kier alpha value is -1.10. The van der Waals surface area contributed by atoms with Gasteiger partial charge in [-0.3, -0.25) is 9.59 Å². The highest BCUT2D eigenvalue weighted by atomic mass is 16.4. The van der Waals surface area contributed by atoms with Crippen LogP contribution in [0.3, 0.4) is 0 Å². The SMILES string of the molecule is O=C(O)CCC1CCN(C(=O)C2CCCCCN2)C1. The van der Waals surface area contributed by atoms with Gasteiger partial charge in [-0.05, 0) is 38.1 Å². The van der Waals surface area contributed by atoms with Gasteiger partial charge in [-0.25, -0.2) is 0 Å². The molecule has 2 aliphatic heterocycles. The molecule has 0 aromatic carbocycles. The van der Waals surface area contributed by atoms with Gasteiger partial charge in [0, 0.05) is 19.5 Å². The normalized spacial score (nSPS) is 28.1. The van der Waals surface area contributed by atoms with E-state index in [-0.39, 0.29) is 18.4 Å². The lowest BCUT2D eigenvalue weighted by atomic mass is 10.0. The number of carboxylic acid groups (broad SMARTS) is 1. The average Bonchev–Trinajstić information content (AvgIpc) is 2.69. The van der Waals surface area contributed by atoms with Gasteiger partial charge in [0.15, 0.2) is 0 Å². The summed E-state index contributed by atoms with van der Waals surface area (Å²) in [5, 5.41) is 12.0. The number of likely N-dealkylation sites (tertiary alicyclic amines) is 1. The summed E-state index contributed by atoms with van der Waals surface area (Å²) in [4.78, 5) is 24.9. The van der Waals surface area contributed by atoms with E-state index in [0.717, 1.165) is 45.3 Å². The first-order valence-corrected chi connectivity index (χ1v) is 7.41. The standard InChI is InChI=1S/C14H24N2O3/c17-13(18)6-5-11-7-9-16(10-11)14(19)12-4-2-1-3-8-15-12/h11-12,15H,1-10H2,(H,17,18). The topological polar surface area (TPSA) is 69.6 Å². The van der Waals surface area contributed by atoms with E-state index in [1.54, 1.807) is 0 Å². The number of carboxylic acids is 1. The molecular weight excluding hydrogens is 244 g/mol. The maximum absolute atomic E-state index is 12.4. The van der Waals surface area contributed by atoms with E-state index in [1.807, 2.05) is 4.90 Å². The molecule has 2 fully saturated rings. The molecule has 2 rings (SSSR count). The zero-order chi connectivity index (χ0) is 13.7. The van der Waals surface area contributed by atoms with Gasteiger partial charge < -0.3 is 15.3 Å². The molecule has 0 spiro atoms. The minimum absolute atomic E-state index is 0.0132. The molecule has 0 bridgehead atoms. The van der Waals surface area contributed by atoms with Crippen molar-refractivity contribution >= 4 is 11.9 Å². The lowest BCUT2D eigenvalue weighted by Gasteiger charge is -2.23. The van der Waals surface area contributed by atoms with Crippen molar-refractivity contribution < 1.29 is 14.7 Å². The van der Waals surface area contributed by atoms with Gasteiger partial charge in [0.1, 0.15) is 0 Å². The predicted octanol–water partition coefficient (Wildman–Crippen LogP) is 1.23. The van der Waals surface area contributed by atoms with Crippen LogP contribution in [0, 0.1) is 5.92 Å². The van der Waals surface area contributed by atoms with Crippen molar-refractivity contribution in [3.63, 3.8) is 0 Å². The number of amides is 1. The van der Waals surface area contributed by atoms with Crippen LogP contribution in [0.2, 0.25) is 0 Å². The third-order valence-electron chi connectivity index (χ3n) is 4.22. The molecular formula is C14H24N2O3. The molecule has 2 unspecified atom stereocenters. The first kappa shape index (κ1) is 14.3. The summed E-state index contributed by atoms with van der Waals surface area (Å²) in [5.41, 5.74) is 0. The molecule has 1 amide bonds. The second-order valence-electron chi connectivity index (χ2n) is 5.73. The quantitative estimate of drug-likeness (QED) is 0.804. The summed E-state index contributed by atoms with van der Waals surface area (Å²) in [6.45, 7) is 2.47. The van der Waals surface area contributed by atoms with Crippen LogP contribution in [-0.4, -0.2) is 47.6 Å². The number of hydrogen-bond acceptors (Lipinski definition) is 3. The number of carbonyl (C=O) groups excluding carboxylic acids is 1. The number of nitrogens with zero attached hydrogens (tertiary/aromatic N) is 1. The number of nitrogens with one attached hydrogen (secondary N) is 1. The van der Waals surface area contributed by atoms with E-state index in [2.05, 4.69) is 5.32 Å². The van der Waals surface area contributed by atoms with E-state index in [0.29, 0.717) is 12.3 Å². The Bertz CT molecular complexity index is 325. The van der Waals surface area contributed by atoms with Crippen LogP contribution in [0.4, 0.5) is 0 Å². The Morgan fingerprint density at radius 3 is 2.84 bits per heavy atom. The minimum Gasteiger partial charge on any atom is -0.481 e. The Morgan fingerprint density at radius 1 is 1.21 bits per heavy atom. The van der Waals surface area contributed by atoms with Crippen LogP contribution < -0.4 is 5.32 Å². The van der Waals surface area contributed by atoms with Crippen molar-refractivity contribution in [1.29, 1.82) is 0 Å². The average molecular weight is 268 g/mol. The van der Waals surface area contributed by atoms with E-state index >= 15 is 0 Å². The maximum Gasteiger partial charge on any atom is 0.303 e. The van der Waals surface area contributed by atoms with E-state index in [1.165, 1.54) is 6.42 Å². The van der Waals surface area contributed by atoms with E-state index in [4.69, 9.17) is 5.11 Å². The highest BCUT2D eigenvalue weighted by Gasteiger charge is 2.30. The first-order valence-electron chi connectivity index (χ1n) is 7.41. The Labute approximate surface area is 114 Å². The fraction of sp³-hybridized carbons (Fsp3) is 0.857. The molecule has 5 nitrogen and oxygen atoms in total. The number of rotatable bonds is 4. The Kier molecular flexibility index (Phi) is 5.19. The lowest BCUT2D eigenvalue weighted by molar-refractivity contribution is -0.137. The van der Waals surface area contributed by atoms with Gasteiger partial charge >= 0.3 is 5.97 Å². The molecule has 0 aliphatic carbocycles. The summed E-state index contributed by atoms with van der Waals surface area (Å²) in [7, 11) is 0. The molecule has 19 heavy (non-hydrogen) atoms. The molecule has 2 atom stereocenters. The molecule has 0 aromatic heterocycles. The third kappa shape index (κ3) is 4.20. The van der Waals surface area contributed by atoms with E-state index < -0.39 is 5.97 Å². The van der Waals surface area contributed by atoms with Crippen LogP contribution in [-0.2, 0) is 9.59 Å². The third-order valence-corrected chi connectivity index (χ3v) is 4.22. The summed E-state index contributed by atoms with van der Waals surface area (Å²) < 4.78 is 0. The Morgan fingerprint density at radius 2 is 2.05 bits per heavy atom. The summed E-state index contributed by atoms with van der Waals surface area (Å²) in [6, 6.07) is -0.0132. The second-order valence-corrected chi connectivity index (χ2v) is 5.73. The van der Waals surface area contributed by atoms with Crippen LogP contribution >= 0.6 is 0 Å². The number of hydrogen-bond donors (Lipinski definition) is 2. The lowest BCUT2D eigenvalue weighted by Crippen LogP contribution is -2.45. The molecule has 2 heterocycles. The minimum atomic E-state index is -0.741. The Balaban J connectivity index is 1.78. The second kappa shape index (κ2) is 6.89. The largest absolute Gasteiger partial charge is 0.481 e. The van der Waals surface area contributed by atoms with Crippen molar-refractivity contribution in [3.8, 4) is 0 Å². The molecule has 0 radical (unpaired) electrons. The van der Waals surface area contributed by atoms with Crippen molar-refractivity contribution in [2.75, 3.05) is 19.6 Å². The fourth-order valence-corrected chi connectivity index (χ4v) is 3.06.